The SMILES string of the molecule is CCOC(=O)/C(=C/C#Cc1ccccc1)C(=O)CCl. The van der Waals surface area contributed by atoms with E-state index < -0.39 is 11.8 Å². The Kier molecular flexibility index (Phi) is 6.42. The van der Waals surface area contributed by atoms with E-state index in [9.17, 15) is 9.59 Å². The average molecular weight is 277 g/mol. The van der Waals surface area contributed by atoms with Gasteiger partial charge in [-0.3, -0.25) is 4.79 Å². The molecule has 0 aliphatic carbocycles. The molecule has 1 aromatic rings. The largest absolute Gasteiger partial charge is 0.462 e. The molecule has 3 nitrogen and oxygen atoms in total. The lowest BCUT2D eigenvalue weighted by Gasteiger charge is -2.02. The van der Waals surface area contributed by atoms with Gasteiger partial charge < -0.3 is 4.74 Å². The lowest BCUT2D eigenvalue weighted by Crippen LogP contribution is -2.16. The van der Waals surface area contributed by atoms with E-state index in [1.54, 1.807) is 6.92 Å². The second kappa shape index (κ2) is 8.12. The van der Waals surface area contributed by atoms with E-state index in [2.05, 4.69) is 11.8 Å². The van der Waals surface area contributed by atoms with Crippen molar-refractivity contribution in [2.24, 2.45) is 0 Å². The van der Waals surface area contributed by atoms with Gasteiger partial charge in [-0.1, -0.05) is 30.0 Å². The van der Waals surface area contributed by atoms with Crippen LogP contribution in [0.3, 0.4) is 0 Å². The second-order valence-corrected chi connectivity index (χ2v) is 3.74. The monoisotopic (exact) mass is 276 g/mol. The molecule has 0 saturated heterocycles. The molecule has 0 aromatic heterocycles. The second-order valence-electron chi connectivity index (χ2n) is 3.47. The zero-order chi connectivity index (χ0) is 14.1. The van der Waals surface area contributed by atoms with Crippen molar-refractivity contribution in [3.8, 4) is 11.8 Å². The third-order valence-corrected chi connectivity index (χ3v) is 2.37. The first-order chi connectivity index (χ1) is 9.19. The molecule has 0 atom stereocenters. The number of ether oxygens (including phenoxy) is 1. The molecule has 0 aliphatic rings. The molecule has 0 N–H and O–H groups in total. The Bertz CT molecular complexity index is 536. The number of ketones is 1. The molecule has 0 aliphatic heterocycles. The van der Waals surface area contributed by atoms with Gasteiger partial charge in [-0.15, -0.1) is 11.6 Å². The Morgan fingerprint density at radius 1 is 1.32 bits per heavy atom. The number of carbonyl (C=O) groups is 2. The predicted molar refractivity (Wildman–Crippen MR) is 73.8 cm³/mol. The third kappa shape index (κ3) is 4.99. The maximum atomic E-state index is 11.5. The van der Waals surface area contributed by atoms with Crippen LogP contribution in [-0.4, -0.2) is 24.2 Å². The van der Waals surface area contributed by atoms with E-state index in [-0.39, 0.29) is 18.1 Å². The minimum atomic E-state index is -0.699. The smallest absolute Gasteiger partial charge is 0.342 e. The number of rotatable bonds is 4. The van der Waals surface area contributed by atoms with Gasteiger partial charge in [0.2, 0.25) is 0 Å². The zero-order valence-corrected chi connectivity index (χ0v) is 11.2. The van der Waals surface area contributed by atoms with E-state index >= 15 is 0 Å². The minimum Gasteiger partial charge on any atom is -0.462 e. The highest BCUT2D eigenvalue weighted by Gasteiger charge is 2.17. The molecule has 0 unspecified atom stereocenters. The number of halogens is 1. The Labute approximate surface area is 117 Å². The summed E-state index contributed by atoms with van der Waals surface area (Å²) in [5.74, 6) is 4.01. The topological polar surface area (TPSA) is 43.4 Å². The summed E-state index contributed by atoms with van der Waals surface area (Å²) in [7, 11) is 0. The molecule has 19 heavy (non-hydrogen) atoms. The first-order valence-electron chi connectivity index (χ1n) is 5.72. The third-order valence-electron chi connectivity index (χ3n) is 2.12. The summed E-state index contributed by atoms with van der Waals surface area (Å²) in [4.78, 5) is 23.0. The summed E-state index contributed by atoms with van der Waals surface area (Å²) in [6.45, 7) is 1.86. The fourth-order valence-corrected chi connectivity index (χ4v) is 1.39. The normalized spacial score (nSPS) is 10.3. The molecule has 1 rings (SSSR count). The number of allylic oxidation sites excluding steroid dienone is 1. The molecular formula is C15H13ClO3. The van der Waals surface area contributed by atoms with Crippen LogP contribution in [0.25, 0.3) is 0 Å². The van der Waals surface area contributed by atoms with Crippen molar-refractivity contribution < 1.29 is 14.3 Å². The lowest BCUT2D eigenvalue weighted by atomic mass is 10.1. The molecule has 0 fully saturated rings. The summed E-state index contributed by atoms with van der Waals surface area (Å²) < 4.78 is 4.78. The van der Waals surface area contributed by atoms with Gasteiger partial charge in [0.1, 0.15) is 5.57 Å². The van der Waals surface area contributed by atoms with Gasteiger partial charge in [0.15, 0.2) is 5.78 Å². The highest BCUT2D eigenvalue weighted by atomic mass is 35.5. The van der Waals surface area contributed by atoms with Gasteiger partial charge in [-0.05, 0) is 19.1 Å². The zero-order valence-electron chi connectivity index (χ0n) is 10.5. The fourth-order valence-electron chi connectivity index (χ4n) is 1.25. The summed E-state index contributed by atoms with van der Waals surface area (Å²) >= 11 is 5.44. The number of Topliss-reactive ketones (excluding diaryl/α,β-unsaturated/α-hetero) is 1. The minimum absolute atomic E-state index is 0.125. The molecule has 0 bridgehead atoms. The van der Waals surface area contributed by atoms with Crippen molar-refractivity contribution in [3.63, 3.8) is 0 Å². The predicted octanol–water partition coefficient (Wildman–Crippen LogP) is 2.34. The van der Waals surface area contributed by atoms with Gasteiger partial charge in [-0.2, -0.15) is 0 Å². The summed E-state index contributed by atoms with van der Waals surface area (Å²) in [5.41, 5.74) is 0.667. The number of hydrogen-bond donors (Lipinski definition) is 0. The number of hydrogen-bond acceptors (Lipinski definition) is 3. The lowest BCUT2D eigenvalue weighted by molar-refractivity contribution is -0.139. The number of alkyl halides is 1. The molecule has 4 heteroatoms. The Morgan fingerprint density at radius 2 is 2.00 bits per heavy atom. The van der Waals surface area contributed by atoms with E-state index in [1.165, 1.54) is 6.08 Å². The van der Waals surface area contributed by atoms with Crippen LogP contribution >= 0.6 is 11.6 Å². The van der Waals surface area contributed by atoms with Gasteiger partial charge in [0.25, 0.3) is 0 Å². The van der Waals surface area contributed by atoms with Crippen LogP contribution in [0.15, 0.2) is 42.0 Å². The number of carbonyl (C=O) groups excluding carboxylic acids is 2. The molecule has 1 aromatic carbocycles. The van der Waals surface area contributed by atoms with E-state index in [1.807, 2.05) is 30.3 Å². The standard InChI is InChI=1S/C15H13ClO3/c1-2-19-15(18)13(14(17)11-16)10-6-9-12-7-4-3-5-8-12/h3-5,7-8,10H,2,11H2,1H3/b13-10+. The molecule has 0 amide bonds. The van der Waals surface area contributed by atoms with Crippen LogP contribution in [0, 0.1) is 11.8 Å². The molecule has 0 saturated carbocycles. The van der Waals surface area contributed by atoms with Gasteiger partial charge in [0, 0.05) is 11.6 Å². The van der Waals surface area contributed by atoms with E-state index in [0.717, 1.165) is 5.56 Å². The van der Waals surface area contributed by atoms with Crippen LogP contribution in [-0.2, 0) is 14.3 Å². The van der Waals surface area contributed by atoms with Crippen molar-refractivity contribution in [1.29, 1.82) is 0 Å². The van der Waals surface area contributed by atoms with E-state index in [4.69, 9.17) is 16.3 Å². The van der Waals surface area contributed by atoms with Crippen LogP contribution in [0.2, 0.25) is 0 Å². The van der Waals surface area contributed by atoms with Crippen molar-refractivity contribution in [1.82, 2.24) is 0 Å². The maximum Gasteiger partial charge on any atom is 0.342 e. The van der Waals surface area contributed by atoms with Crippen LogP contribution in [0.4, 0.5) is 0 Å². The fraction of sp³-hybridized carbons (Fsp3) is 0.200. The highest BCUT2D eigenvalue weighted by molar-refractivity contribution is 6.34. The summed E-state index contributed by atoms with van der Waals surface area (Å²) in [6, 6.07) is 9.23. The maximum absolute atomic E-state index is 11.5. The Hall–Kier alpha value is -2.05. The van der Waals surface area contributed by atoms with Crippen LogP contribution in [0.5, 0.6) is 0 Å². The van der Waals surface area contributed by atoms with Crippen LogP contribution < -0.4 is 0 Å². The first kappa shape index (κ1) is 15.0. The first-order valence-corrected chi connectivity index (χ1v) is 6.25. The summed E-state index contributed by atoms with van der Waals surface area (Å²) in [5, 5.41) is 0. The summed E-state index contributed by atoms with van der Waals surface area (Å²) in [6.07, 6.45) is 1.25. The Morgan fingerprint density at radius 3 is 2.58 bits per heavy atom. The quantitative estimate of drug-likeness (QED) is 0.212. The molecule has 0 radical (unpaired) electrons. The van der Waals surface area contributed by atoms with Crippen molar-refractivity contribution in [3.05, 3.63) is 47.5 Å². The molecular weight excluding hydrogens is 264 g/mol. The molecule has 98 valence electrons. The average Bonchev–Trinajstić information content (AvgIpc) is 2.44. The number of benzene rings is 1. The van der Waals surface area contributed by atoms with Crippen LogP contribution in [0.1, 0.15) is 12.5 Å². The van der Waals surface area contributed by atoms with Gasteiger partial charge >= 0.3 is 5.97 Å². The number of esters is 1. The van der Waals surface area contributed by atoms with Crippen molar-refractivity contribution >= 4 is 23.4 Å². The molecule has 0 spiro atoms. The Balaban J connectivity index is 2.93. The van der Waals surface area contributed by atoms with Gasteiger partial charge in [0.05, 0.1) is 12.5 Å². The highest BCUT2D eigenvalue weighted by Crippen LogP contribution is 2.02. The molecule has 0 heterocycles. The van der Waals surface area contributed by atoms with Crippen molar-refractivity contribution in [2.45, 2.75) is 6.92 Å². The van der Waals surface area contributed by atoms with Crippen molar-refractivity contribution in [2.75, 3.05) is 12.5 Å². The van der Waals surface area contributed by atoms with Gasteiger partial charge in [-0.25, -0.2) is 4.79 Å². The van der Waals surface area contributed by atoms with E-state index in [0.29, 0.717) is 0 Å².